The molecular formula is C24H38N8O. The Hall–Kier alpha value is -2.23. The zero-order chi connectivity index (χ0) is 22.6. The first-order valence-electron chi connectivity index (χ1n) is 12.7. The summed E-state index contributed by atoms with van der Waals surface area (Å²) < 4.78 is 1.74. The summed E-state index contributed by atoms with van der Waals surface area (Å²) in [4.78, 5) is 25.4. The van der Waals surface area contributed by atoms with Crippen molar-refractivity contribution in [2.24, 2.45) is 7.05 Å². The third-order valence-electron chi connectivity index (χ3n) is 7.41. The largest absolute Gasteiger partial charge is 0.355 e. The van der Waals surface area contributed by atoms with E-state index in [4.69, 9.17) is 4.98 Å². The monoisotopic (exact) mass is 454 g/mol. The topological polar surface area (TPSA) is 81.6 Å². The van der Waals surface area contributed by atoms with E-state index in [1.165, 1.54) is 32.5 Å². The van der Waals surface area contributed by atoms with Crippen LogP contribution >= 0.6 is 0 Å². The van der Waals surface area contributed by atoms with Crippen LogP contribution in [0.3, 0.4) is 0 Å². The number of carbonyl (C=O) groups is 1. The molecule has 3 fully saturated rings. The van der Waals surface area contributed by atoms with E-state index in [0.717, 1.165) is 81.9 Å². The van der Waals surface area contributed by atoms with E-state index in [-0.39, 0.29) is 11.9 Å². The molecule has 9 nitrogen and oxygen atoms in total. The molecule has 0 atom stereocenters. The number of carbonyl (C=O) groups excluding carboxylic acids is 1. The maximum Gasteiger partial charge on any atom is 0.272 e. The van der Waals surface area contributed by atoms with Gasteiger partial charge in [0, 0.05) is 58.9 Å². The quantitative estimate of drug-likeness (QED) is 0.675. The predicted octanol–water partition coefficient (Wildman–Crippen LogP) is 1.06. The van der Waals surface area contributed by atoms with Crippen LogP contribution in [-0.2, 0) is 7.05 Å². The number of aromatic nitrogens is 3. The van der Waals surface area contributed by atoms with Crippen LogP contribution in [0.15, 0.2) is 12.1 Å². The first kappa shape index (κ1) is 22.6. The minimum Gasteiger partial charge on any atom is -0.355 e. The van der Waals surface area contributed by atoms with Crippen molar-refractivity contribution in [3.05, 3.63) is 17.8 Å². The standard InChI is InChI=1S/C24H38N8O/c1-29-23-20(5-6-21(27-23)32-13-4-9-25-10-16-32)22(28-29)24(33)26-19-7-14-31(15-8-19)18-17-30-11-2-3-12-30/h5-6,19,25H,2-4,7-18H2,1H3,(H,26,33). The Balaban J connectivity index is 1.18. The molecule has 180 valence electrons. The minimum absolute atomic E-state index is 0.0790. The van der Waals surface area contributed by atoms with Gasteiger partial charge in [0.2, 0.25) is 0 Å². The number of aryl methyl sites for hydroxylation is 1. The van der Waals surface area contributed by atoms with E-state index in [9.17, 15) is 4.79 Å². The summed E-state index contributed by atoms with van der Waals surface area (Å²) in [5.74, 6) is 0.882. The minimum atomic E-state index is -0.0790. The van der Waals surface area contributed by atoms with Gasteiger partial charge in [-0.15, -0.1) is 0 Å². The lowest BCUT2D eigenvalue weighted by molar-refractivity contribution is 0.0904. The van der Waals surface area contributed by atoms with Gasteiger partial charge in [-0.1, -0.05) is 0 Å². The molecule has 2 aromatic rings. The summed E-state index contributed by atoms with van der Waals surface area (Å²) in [5.41, 5.74) is 1.26. The summed E-state index contributed by atoms with van der Waals surface area (Å²) in [7, 11) is 1.87. The number of nitrogens with zero attached hydrogens (tertiary/aromatic N) is 6. The fraction of sp³-hybridized carbons (Fsp3) is 0.708. The van der Waals surface area contributed by atoms with E-state index in [1.54, 1.807) is 4.68 Å². The van der Waals surface area contributed by atoms with E-state index >= 15 is 0 Å². The highest BCUT2D eigenvalue weighted by atomic mass is 16.2. The van der Waals surface area contributed by atoms with Crippen LogP contribution in [-0.4, -0.2) is 102 Å². The molecule has 2 aromatic heterocycles. The van der Waals surface area contributed by atoms with Gasteiger partial charge in [0.05, 0.1) is 5.39 Å². The van der Waals surface area contributed by atoms with Crippen LogP contribution < -0.4 is 15.5 Å². The number of hydrogen-bond acceptors (Lipinski definition) is 7. The summed E-state index contributed by atoms with van der Waals surface area (Å²) in [6.07, 6.45) is 5.81. The molecule has 0 aromatic carbocycles. The van der Waals surface area contributed by atoms with Crippen molar-refractivity contribution in [2.75, 3.05) is 70.3 Å². The second-order valence-electron chi connectivity index (χ2n) is 9.74. The molecule has 0 unspecified atom stereocenters. The molecule has 33 heavy (non-hydrogen) atoms. The Kier molecular flexibility index (Phi) is 7.08. The zero-order valence-corrected chi connectivity index (χ0v) is 19.9. The number of anilines is 1. The number of pyridine rings is 1. The van der Waals surface area contributed by atoms with E-state index < -0.39 is 0 Å². The maximum atomic E-state index is 13.1. The number of likely N-dealkylation sites (tertiary alicyclic amines) is 2. The van der Waals surface area contributed by atoms with E-state index in [0.29, 0.717) is 5.69 Å². The van der Waals surface area contributed by atoms with E-state index in [2.05, 4.69) is 30.4 Å². The maximum absolute atomic E-state index is 13.1. The lowest BCUT2D eigenvalue weighted by atomic mass is 10.0. The van der Waals surface area contributed by atoms with Crippen LogP contribution in [0.5, 0.6) is 0 Å². The van der Waals surface area contributed by atoms with Crippen molar-refractivity contribution in [1.82, 2.24) is 35.2 Å². The van der Waals surface area contributed by atoms with Gasteiger partial charge in [0.1, 0.15) is 5.82 Å². The molecule has 0 bridgehead atoms. The lowest BCUT2D eigenvalue weighted by Crippen LogP contribution is -2.46. The molecule has 5 rings (SSSR count). The average Bonchev–Trinajstić information content (AvgIpc) is 3.37. The van der Waals surface area contributed by atoms with Crippen LogP contribution in [0, 0.1) is 0 Å². The highest BCUT2D eigenvalue weighted by molar-refractivity contribution is 6.04. The van der Waals surface area contributed by atoms with Crippen molar-refractivity contribution in [1.29, 1.82) is 0 Å². The van der Waals surface area contributed by atoms with Crippen molar-refractivity contribution < 1.29 is 4.79 Å². The summed E-state index contributed by atoms with van der Waals surface area (Å²) >= 11 is 0. The number of fused-ring (bicyclic) bond motifs is 1. The van der Waals surface area contributed by atoms with Crippen molar-refractivity contribution >= 4 is 22.8 Å². The molecule has 0 spiro atoms. The van der Waals surface area contributed by atoms with Crippen molar-refractivity contribution in [3.8, 4) is 0 Å². The Bertz CT molecular complexity index is 937. The van der Waals surface area contributed by atoms with Gasteiger partial charge in [-0.05, 0) is 63.9 Å². The molecule has 3 aliphatic rings. The molecular weight excluding hydrogens is 416 g/mol. The van der Waals surface area contributed by atoms with Gasteiger partial charge < -0.3 is 25.3 Å². The highest BCUT2D eigenvalue weighted by Crippen LogP contribution is 2.22. The number of piperidine rings is 1. The first-order valence-corrected chi connectivity index (χ1v) is 12.7. The van der Waals surface area contributed by atoms with Crippen LogP contribution in [0.4, 0.5) is 5.82 Å². The molecule has 3 aliphatic heterocycles. The third kappa shape index (κ3) is 5.31. The third-order valence-corrected chi connectivity index (χ3v) is 7.41. The number of rotatable bonds is 6. The van der Waals surface area contributed by atoms with Crippen molar-refractivity contribution in [3.63, 3.8) is 0 Å². The fourth-order valence-electron chi connectivity index (χ4n) is 5.38. The number of nitrogens with one attached hydrogen (secondary N) is 2. The zero-order valence-electron chi connectivity index (χ0n) is 19.9. The molecule has 5 heterocycles. The van der Waals surface area contributed by atoms with Gasteiger partial charge in [-0.25, -0.2) is 9.67 Å². The lowest BCUT2D eigenvalue weighted by Gasteiger charge is -2.33. The molecule has 9 heteroatoms. The normalized spacial score (nSPS) is 21.5. The summed E-state index contributed by atoms with van der Waals surface area (Å²) in [6.45, 7) is 10.9. The van der Waals surface area contributed by atoms with Crippen LogP contribution in [0.25, 0.3) is 11.0 Å². The number of hydrogen-bond donors (Lipinski definition) is 2. The van der Waals surface area contributed by atoms with Crippen LogP contribution in [0.2, 0.25) is 0 Å². The van der Waals surface area contributed by atoms with Gasteiger partial charge in [0.15, 0.2) is 11.3 Å². The Morgan fingerprint density at radius 3 is 2.55 bits per heavy atom. The Labute approximate surface area is 196 Å². The van der Waals surface area contributed by atoms with Gasteiger partial charge in [-0.3, -0.25) is 4.79 Å². The Morgan fingerprint density at radius 2 is 1.76 bits per heavy atom. The predicted molar refractivity (Wildman–Crippen MR) is 131 cm³/mol. The number of amides is 1. The van der Waals surface area contributed by atoms with E-state index in [1.807, 2.05) is 19.2 Å². The second kappa shape index (κ2) is 10.4. The summed E-state index contributed by atoms with van der Waals surface area (Å²) in [6, 6.07) is 4.26. The van der Waals surface area contributed by atoms with Crippen molar-refractivity contribution in [2.45, 2.75) is 38.1 Å². The molecule has 0 saturated carbocycles. The first-order chi connectivity index (χ1) is 16.2. The second-order valence-corrected chi connectivity index (χ2v) is 9.74. The SMILES string of the molecule is Cn1nc(C(=O)NC2CCN(CCN3CCCC3)CC2)c2ccc(N3CCCNCC3)nc21. The molecule has 3 saturated heterocycles. The molecule has 2 N–H and O–H groups in total. The van der Waals surface area contributed by atoms with Gasteiger partial charge >= 0.3 is 0 Å². The average molecular weight is 455 g/mol. The van der Waals surface area contributed by atoms with Crippen LogP contribution in [0.1, 0.15) is 42.6 Å². The fourth-order valence-corrected chi connectivity index (χ4v) is 5.38. The molecule has 1 amide bonds. The summed E-state index contributed by atoms with van der Waals surface area (Å²) in [5, 5.41) is 12.0. The smallest absolute Gasteiger partial charge is 0.272 e. The van der Waals surface area contributed by atoms with Gasteiger partial charge in [0.25, 0.3) is 5.91 Å². The van der Waals surface area contributed by atoms with Gasteiger partial charge in [-0.2, -0.15) is 5.10 Å². The molecule has 0 radical (unpaired) electrons. The Morgan fingerprint density at radius 1 is 1.00 bits per heavy atom. The molecule has 0 aliphatic carbocycles. The highest BCUT2D eigenvalue weighted by Gasteiger charge is 2.25.